The number of hydrogen-bond donors (Lipinski definition) is 0. The van der Waals surface area contributed by atoms with E-state index in [4.69, 9.17) is 4.74 Å². The summed E-state index contributed by atoms with van der Waals surface area (Å²) in [6, 6.07) is 14.5. The van der Waals surface area contributed by atoms with Crippen LogP contribution in [0.25, 0.3) is 0 Å². The van der Waals surface area contributed by atoms with Crippen molar-refractivity contribution in [1.29, 1.82) is 0 Å². The monoisotopic (exact) mass is 308 g/mol. The molecule has 0 saturated heterocycles. The Hall–Kier alpha value is -2.30. The Bertz CT molecular complexity index is 636. The molecule has 0 aliphatic heterocycles. The molecule has 0 radical (unpaired) electrons. The number of ether oxygens (including phenoxy) is 1. The standard InChI is InChI=1S/C17H15F3O2/c1-12(21)10-16(17(18,19)20)13-6-5-9-15(11-13)22-14-7-3-2-4-8-14/h2-9,11,16H,10H2,1H3/t16-/m0/s1. The molecule has 0 aromatic heterocycles. The number of carbonyl (C=O) groups is 1. The van der Waals surface area contributed by atoms with Crippen LogP contribution in [-0.4, -0.2) is 12.0 Å². The zero-order chi connectivity index (χ0) is 16.2. The molecular weight excluding hydrogens is 293 g/mol. The fourth-order valence-electron chi connectivity index (χ4n) is 2.13. The molecule has 0 saturated carbocycles. The SMILES string of the molecule is CC(=O)C[C@@H](c1cccc(Oc2ccccc2)c1)C(F)(F)F. The molecule has 116 valence electrons. The summed E-state index contributed by atoms with van der Waals surface area (Å²) in [5.41, 5.74) is 0.0242. The molecule has 2 aromatic carbocycles. The highest BCUT2D eigenvalue weighted by Crippen LogP contribution is 2.39. The molecule has 2 rings (SSSR count). The van der Waals surface area contributed by atoms with E-state index < -0.39 is 24.3 Å². The highest BCUT2D eigenvalue weighted by Gasteiger charge is 2.41. The summed E-state index contributed by atoms with van der Waals surface area (Å²) in [7, 11) is 0. The van der Waals surface area contributed by atoms with E-state index >= 15 is 0 Å². The lowest BCUT2D eigenvalue weighted by Crippen LogP contribution is -2.23. The number of rotatable bonds is 5. The molecule has 0 N–H and O–H groups in total. The minimum Gasteiger partial charge on any atom is -0.457 e. The lowest BCUT2D eigenvalue weighted by atomic mass is 9.93. The van der Waals surface area contributed by atoms with Crippen molar-refractivity contribution in [3.05, 3.63) is 60.2 Å². The third kappa shape index (κ3) is 4.35. The molecule has 22 heavy (non-hydrogen) atoms. The summed E-state index contributed by atoms with van der Waals surface area (Å²) in [4.78, 5) is 11.1. The van der Waals surface area contributed by atoms with E-state index in [1.165, 1.54) is 18.2 Å². The van der Waals surface area contributed by atoms with E-state index in [-0.39, 0.29) is 5.56 Å². The first-order valence-electron chi connectivity index (χ1n) is 6.75. The number of alkyl halides is 3. The zero-order valence-electron chi connectivity index (χ0n) is 11.9. The van der Waals surface area contributed by atoms with Crippen molar-refractivity contribution in [1.82, 2.24) is 0 Å². The van der Waals surface area contributed by atoms with E-state index in [2.05, 4.69) is 0 Å². The molecule has 0 spiro atoms. The van der Waals surface area contributed by atoms with Gasteiger partial charge in [-0.2, -0.15) is 13.2 Å². The van der Waals surface area contributed by atoms with Gasteiger partial charge in [0.2, 0.25) is 0 Å². The summed E-state index contributed by atoms with van der Waals surface area (Å²) in [6.07, 6.45) is -5.05. The van der Waals surface area contributed by atoms with Crippen LogP contribution in [0.4, 0.5) is 13.2 Å². The quantitative estimate of drug-likeness (QED) is 0.767. The summed E-state index contributed by atoms with van der Waals surface area (Å²) < 4.78 is 44.9. The molecule has 0 amide bonds. The highest BCUT2D eigenvalue weighted by molar-refractivity contribution is 5.76. The molecule has 2 nitrogen and oxygen atoms in total. The number of para-hydroxylation sites is 1. The summed E-state index contributed by atoms with van der Waals surface area (Å²) in [6.45, 7) is 1.16. The van der Waals surface area contributed by atoms with E-state index in [1.807, 2.05) is 6.07 Å². The second-order valence-corrected chi connectivity index (χ2v) is 4.99. The number of Topliss-reactive ketones (excluding diaryl/α,β-unsaturated/α-hetero) is 1. The second-order valence-electron chi connectivity index (χ2n) is 4.99. The van der Waals surface area contributed by atoms with Crippen LogP contribution in [0.1, 0.15) is 24.8 Å². The summed E-state index contributed by atoms with van der Waals surface area (Å²) >= 11 is 0. The van der Waals surface area contributed by atoms with Crippen molar-refractivity contribution in [3.8, 4) is 11.5 Å². The third-order valence-corrected chi connectivity index (χ3v) is 3.13. The molecule has 1 atom stereocenters. The molecular formula is C17H15F3O2. The van der Waals surface area contributed by atoms with E-state index in [0.29, 0.717) is 11.5 Å². The lowest BCUT2D eigenvalue weighted by molar-refractivity contribution is -0.156. The first-order valence-corrected chi connectivity index (χ1v) is 6.75. The van der Waals surface area contributed by atoms with Crippen LogP contribution >= 0.6 is 0 Å². The molecule has 0 aliphatic carbocycles. The van der Waals surface area contributed by atoms with Gasteiger partial charge in [0.1, 0.15) is 17.3 Å². The Kier molecular flexibility index (Phi) is 4.85. The van der Waals surface area contributed by atoms with Crippen molar-refractivity contribution in [2.24, 2.45) is 0 Å². The van der Waals surface area contributed by atoms with Crippen molar-refractivity contribution >= 4 is 5.78 Å². The van der Waals surface area contributed by atoms with E-state index in [1.54, 1.807) is 30.3 Å². The number of halogens is 3. The Labute approximate surface area is 126 Å². The topological polar surface area (TPSA) is 26.3 Å². The van der Waals surface area contributed by atoms with Gasteiger partial charge in [0.05, 0.1) is 5.92 Å². The van der Waals surface area contributed by atoms with Crippen LogP contribution in [-0.2, 0) is 4.79 Å². The van der Waals surface area contributed by atoms with Gasteiger partial charge in [-0.1, -0.05) is 30.3 Å². The minimum absolute atomic E-state index is 0.0242. The highest BCUT2D eigenvalue weighted by atomic mass is 19.4. The van der Waals surface area contributed by atoms with Gasteiger partial charge in [-0.3, -0.25) is 0 Å². The van der Waals surface area contributed by atoms with E-state index in [9.17, 15) is 18.0 Å². The van der Waals surface area contributed by atoms with Gasteiger partial charge in [0.25, 0.3) is 0 Å². The van der Waals surface area contributed by atoms with Crippen LogP contribution in [0.5, 0.6) is 11.5 Å². The molecule has 2 aromatic rings. The number of carbonyl (C=O) groups excluding carboxylic acids is 1. The first-order chi connectivity index (χ1) is 10.4. The number of hydrogen-bond acceptors (Lipinski definition) is 2. The summed E-state index contributed by atoms with van der Waals surface area (Å²) in [5, 5.41) is 0. The number of ketones is 1. The minimum atomic E-state index is -4.48. The lowest BCUT2D eigenvalue weighted by Gasteiger charge is -2.20. The van der Waals surface area contributed by atoms with Gasteiger partial charge in [-0.15, -0.1) is 0 Å². The fourth-order valence-corrected chi connectivity index (χ4v) is 2.13. The van der Waals surface area contributed by atoms with Crippen molar-refractivity contribution in [2.75, 3.05) is 0 Å². The maximum absolute atomic E-state index is 13.1. The molecule has 0 aliphatic rings. The van der Waals surface area contributed by atoms with Gasteiger partial charge >= 0.3 is 6.18 Å². The van der Waals surface area contributed by atoms with Gasteiger partial charge in [-0.25, -0.2) is 0 Å². The average Bonchev–Trinajstić information content (AvgIpc) is 2.45. The molecule has 0 unspecified atom stereocenters. The third-order valence-electron chi connectivity index (χ3n) is 3.13. The van der Waals surface area contributed by atoms with Gasteiger partial charge in [0, 0.05) is 6.42 Å². The van der Waals surface area contributed by atoms with Crippen molar-refractivity contribution in [2.45, 2.75) is 25.4 Å². The Morgan fingerprint density at radius 1 is 1.05 bits per heavy atom. The zero-order valence-corrected chi connectivity index (χ0v) is 11.9. The van der Waals surface area contributed by atoms with Crippen LogP contribution in [0.3, 0.4) is 0 Å². The molecule has 0 heterocycles. The maximum atomic E-state index is 13.1. The Morgan fingerprint density at radius 2 is 1.68 bits per heavy atom. The fraction of sp³-hybridized carbons (Fsp3) is 0.235. The van der Waals surface area contributed by atoms with Crippen LogP contribution < -0.4 is 4.74 Å². The normalized spacial score (nSPS) is 12.7. The second kappa shape index (κ2) is 6.64. The first kappa shape index (κ1) is 16.1. The Morgan fingerprint density at radius 3 is 2.27 bits per heavy atom. The van der Waals surface area contributed by atoms with Crippen molar-refractivity contribution in [3.63, 3.8) is 0 Å². The smallest absolute Gasteiger partial charge is 0.396 e. The molecule has 0 bridgehead atoms. The number of benzene rings is 2. The maximum Gasteiger partial charge on any atom is 0.396 e. The predicted octanol–water partition coefficient (Wildman–Crippen LogP) is 5.10. The van der Waals surface area contributed by atoms with Gasteiger partial charge in [-0.05, 0) is 36.8 Å². The van der Waals surface area contributed by atoms with Crippen LogP contribution in [0, 0.1) is 0 Å². The van der Waals surface area contributed by atoms with Crippen LogP contribution in [0.2, 0.25) is 0 Å². The van der Waals surface area contributed by atoms with E-state index in [0.717, 1.165) is 6.92 Å². The average molecular weight is 308 g/mol. The predicted molar refractivity (Wildman–Crippen MR) is 77.1 cm³/mol. The molecule has 5 heteroatoms. The van der Waals surface area contributed by atoms with Crippen LogP contribution in [0.15, 0.2) is 54.6 Å². The van der Waals surface area contributed by atoms with Crippen molar-refractivity contribution < 1.29 is 22.7 Å². The summed E-state index contributed by atoms with van der Waals surface area (Å²) in [5.74, 6) is -1.47. The Balaban J connectivity index is 2.27. The largest absolute Gasteiger partial charge is 0.457 e. The molecule has 0 fully saturated rings. The van der Waals surface area contributed by atoms with Gasteiger partial charge < -0.3 is 9.53 Å². The van der Waals surface area contributed by atoms with Gasteiger partial charge in [0.15, 0.2) is 0 Å².